The van der Waals surface area contributed by atoms with Crippen LogP contribution in [0, 0.1) is 5.41 Å². The molecule has 120 valence electrons. The van der Waals surface area contributed by atoms with Gasteiger partial charge < -0.3 is 25.2 Å². The first kappa shape index (κ1) is 18.1. The van der Waals surface area contributed by atoms with E-state index in [1.807, 2.05) is 0 Å². The summed E-state index contributed by atoms with van der Waals surface area (Å²) < 4.78 is 5.31. The monoisotopic (exact) mass is 308 g/mol. The molecule has 1 saturated carbocycles. The lowest BCUT2D eigenvalue weighted by Crippen LogP contribution is -2.46. The Morgan fingerprint density at radius 1 is 1.20 bits per heavy atom. The van der Waals surface area contributed by atoms with Gasteiger partial charge in [0.05, 0.1) is 18.8 Å². The second-order valence-electron chi connectivity index (χ2n) is 6.43. The van der Waals surface area contributed by atoms with Gasteiger partial charge in [-0.3, -0.25) is 0 Å². The third-order valence-corrected chi connectivity index (χ3v) is 4.66. The number of ether oxygens (including phenoxy) is 1. The second-order valence-corrected chi connectivity index (χ2v) is 6.43. The molecule has 2 aliphatic rings. The van der Waals surface area contributed by atoms with Crippen LogP contribution in [-0.2, 0) is 4.74 Å². The molecule has 0 spiro atoms. The van der Waals surface area contributed by atoms with Crippen LogP contribution in [0.2, 0.25) is 0 Å². The zero-order chi connectivity index (χ0) is 13.9. The fourth-order valence-electron chi connectivity index (χ4n) is 3.44. The molecule has 2 rings (SSSR count). The van der Waals surface area contributed by atoms with Crippen molar-refractivity contribution in [3.63, 3.8) is 0 Å². The number of hydrogen-bond acceptors (Lipinski definition) is 5. The highest BCUT2D eigenvalue weighted by molar-refractivity contribution is 5.85. The van der Waals surface area contributed by atoms with E-state index in [4.69, 9.17) is 4.74 Å². The Morgan fingerprint density at radius 3 is 2.25 bits per heavy atom. The minimum absolute atomic E-state index is 0. The van der Waals surface area contributed by atoms with Gasteiger partial charge in [0, 0.05) is 25.1 Å². The summed E-state index contributed by atoms with van der Waals surface area (Å²) in [6, 6.07) is 0.555. The summed E-state index contributed by atoms with van der Waals surface area (Å²) in [4.78, 5) is 2.35. The predicted molar refractivity (Wildman–Crippen MR) is 81.3 cm³/mol. The summed E-state index contributed by atoms with van der Waals surface area (Å²) >= 11 is 0. The van der Waals surface area contributed by atoms with Crippen molar-refractivity contribution in [3.05, 3.63) is 0 Å². The van der Waals surface area contributed by atoms with E-state index < -0.39 is 12.2 Å². The Hall–Kier alpha value is 0.0900. The van der Waals surface area contributed by atoms with Crippen molar-refractivity contribution in [2.45, 2.75) is 43.9 Å². The number of rotatable bonds is 5. The van der Waals surface area contributed by atoms with Gasteiger partial charge in [0.2, 0.25) is 0 Å². The summed E-state index contributed by atoms with van der Waals surface area (Å²) in [5, 5.41) is 23.2. The maximum Gasteiger partial charge on any atom is 0.0806 e. The number of hydrogen-bond donors (Lipinski definition) is 3. The van der Waals surface area contributed by atoms with E-state index in [9.17, 15) is 10.2 Å². The molecule has 0 amide bonds. The smallest absolute Gasteiger partial charge is 0.0806 e. The molecule has 3 N–H and O–H groups in total. The predicted octanol–water partition coefficient (Wildman–Crippen LogP) is 0.240. The lowest BCUT2D eigenvalue weighted by molar-refractivity contribution is 0.0438. The molecular weight excluding hydrogens is 280 g/mol. The Morgan fingerprint density at radius 2 is 1.75 bits per heavy atom. The van der Waals surface area contributed by atoms with Crippen molar-refractivity contribution in [1.82, 2.24) is 10.2 Å². The van der Waals surface area contributed by atoms with Gasteiger partial charge >= 0.3 is 0 Å². The molecule has 1 heterocycles. The first-order valence-electron chi connectivity index (χ1n) is 7.32. The minimum Gasteiger partial charge on any atom is -0.390 e. The maximum absolute atomic E-state index is 9.79. The zero-order valence-corrected chi connectivity index (χ0v) is 13.4. The van der Waals surface area contributed by atoms with Crippen molar-refractivity contribution >= 4 is 12.4 Å². The zero-order valence-electron chi connectivity index (χ0n) is 12.5. The van der Waals surface area contributed by atoms with Crippen molar-refractivity contribution in [2.24, 2.45) is 5.41 Å². The number of piperidine rings is 1. The van der Waals surface area contributed by atoms with E-state index >= 15 is 0 Å². The van der Waals surface area contributed by atoms with Gasteiger partial charge in [0.25, 0.3) is 0 Å². The van der Waals surface area contributed by atoms with Crippen LogP contribution >= 0.6 is 12.4 Å². The van der Waals surface area contributed by atoms with Crippen molar-refractivity contribution < 1.29 is 14.9 Å². The second kappa shape index (κ2) is 7.92. The highest BCUT2D eigenvalue weighted by atomic mass is 35.5. The number of nitrogens with one attached hydrogen (secondary N) is 1. The van der Waals surface area contributed by atoms with Gasteiger partial charge in [-0.25, -0.2) is 0 Å². The molecule has 0 aromatic rings. The standard InChI is InChI=1S/C14H28N2O3.ClH/c1-16-5-3-11(4-6-16)15-9-14(10-19-2)7-12(17)13(18)8-14;/h11-13,15,17-18H,3-10H2,1-2H3;1H/t12-,13+,14?;. The van der Waals surface area contributed by atoms with Gasteiger partial charge in [-0.1, -0.05) is 0 Å². The van der Waals surface area contributed by atoms with Crippen LogP contribution in [0.5, 0.6) is 0 Å². The van der Waals surface area contributed by atoms with Gasteiger partial charge in [-0.15, -0.1) is 12.4 Å². The van der Waals surface area contributed by atoms with Gasteiger partial charge in [0.1, 0.15) is 0 Å². The van der Waals surface area contributed by atoms with Crippen LogP contribution in [0.4, 0.5) is 0 Å². The normalized spacial score (nSPS) is 36.0. The molecule has 2 fully saturated rings. The molecule has 3 atom stereocenters. The van der Waals surface area contributed by atoms with Crippen LogP contribution in [0.1, 0.15) is 25.7 Å². The van der Waals surface area contributed by atoms with Crippen LogP contribution in [0.25, 0.3) is 0 Å². The van der Waals surface area contributed by atoms with Crippen molar-refractivity contribution in [3.8, 4) is 0 Å². The van der Waals surface area contributed by atoms with Crippen LogP contribution < -0.4 is 5.32 Å². The average molecular weight is 309 g/mol. The molecule has 0 radical (unpaired) electrons. The van der Waals surface area contributed by atoms with E-state index in [0.29, 0.717) is 25.5 Å². The number of aliphatic hydroxyl groups excluding tert-OH is 2. The Bertz CT molecular complexity index is 276. The molecular formula is C14H29ClN2O3. The van der Waals surface area contributed by atoms with E-state index in [1.54, 1.807) is 7.11 Å². The highest BCUT2D eigenvalue weighted by Crippen LogP contribution is 2.38. The largest absolute Gasteiger partial charge is 0.390 e. The Kier molecular flexibility index (Phi) is 7.18. The molecule has 1 aliphatic heterocycles. The van der Waals surface area contributed by atoms with Gasteiger partial charge in [0.15, 0.2) is 0 Å². The SMILES string of the molecule is COCC1(CNC2CCN(C)CC2)C[C@@H](O)[C@@H](O)C1.Cl. The summed E-state index contributed by atoms with van der Waals surface area (Å²) in [6.45, 7) is 3.70. The fourth-order valence-corrected chi connectivity index (χ4v) is 3.44. The molecule has 1 saturated heterocycles. The molecule has 0 bridgehead atoms. The number of aliphatic hydroxyl groups is 2. The molecule has 6 heteroatoms. The van der Waals surface area contributed by atoms with E-state index in [2.05, 4.69) is 17.3 Å². The van der Waals surface area contributed by atoms with Crippen LogP contribution in [0.3, 0.4) is 0 Å². The third kappa shape index (κ3) is 4.55. The first-order chi connectivity index (χ1) is 9.04. The number of halogens is 1. The van der Waals surface area contributed by atoms with Gasteiger partial charge in [-0.2, -0.15) is 0 Å². The number of nitrogens with zero attached hydrogens (tertiary/aromatic N) is 1. The van der Waals surface area contributed by atoms with Crippen molar-refractivity contribution in [2.75, 3.05) is 40.4 Å². The quantitative estimate of drug-likeness (QED) is 0.679. The average Bonchev–Trinajstić information content (AvgIpc) is 2.65. The molecule has 0 aromatic carbocycles. The van der Waals surface area contributed by atoms with E-state index in [0.717, 1.165) is 19.6 Å². The Labute approximate surface area is 128 Å². The molecule has 1 unspecified atom stereocenters. The summed E-state index contributed by atoms with van der Waals surface area (Å²) in [5.41, 5.74) is -0.114. The summed E-state index contributed by atoms with van der Waals surface area (Å²) in [5.74, 6) is 0. The number of methoxy groups -OCH3 is 1. The minimum atomic E-state index is -0.602. The Balaban J connectivity index is 0.00000200. The topological polar surface area (TPSA) is 65.0 Å². The number of likely N-dealkylation sites (tertiary alicyclic amines) is 1. The maximum atomic E-state index is 9.79. The molecule has 0 aromatic heterocycles. The van der Waals surface area contributed by atoms with Crippen LogP contribution in [-0.4, -0.2) is 73.8 Å². The van der Waals surface area contributed by atoms with E-state index in [1.165, 1.54) is 12.8 Å². The summed E-state index contributed by atoms with van der Waals surface area (Å²) in [7, 11) is 3.85. The van der Waals surface area contributed by atoms with Crippen LogP contribution in [0.15, 0.2) is 0 Å². The van der Waals surface area contributed by atoms with Gasteiger partial charge in [-0.05, 0) is 45.8 Å². The summed E-state index contributed by atoms with van der Waals surface area (Å²) in [6.07, 6.45) is 2.39. The van der Waals surface area contributed by atoms with E-state index in [-0.39, 0.29) is 17.8 Å². The first-order valence-corrected chi connectivity index (χ1v) is 7.32. The fraction of sp³-hybridized carbons (Fsp3) is 1.00. The van der Waals surface area contributed by atoms with Crippen molar-refractivity contribution in [1.29, 1.82) is 0 Å². The third-order valence-electron chi connectivity index (χ3n) is 4.66. The molecule has 20 heavy (non-hydrogen) atoms. The lowest BCUT2D eigenvalue weighted by Gasteiger charge is -2.34. The molecule has 1 aliphatic carbocycles. The molecule has 5 nitrogen and oxygen atoms in total. The lowest BCUT2D eigenvalue weighted by atomic mass is 9.86. The highest BCUT2D eigenvalue weighted by Gasteiger charge is 2.44.